The van der Waals surface area contributed by atoms with Crippen molar-refractivity contribution in [2.75, 3.05) is 0 Å². The van der Waals surface area contributed by atoms with Crippen LogP contribution < -0.4 is 0 Å². The molecule has 0 bridgehead atoms. The van der Waals surface area contributed by atoms with Crippen molar-refractivity contribution < 1.29 is 104 Å². The molecule has 6 heteroatoms. The van der Waals surface area contributed by atoms with Crippen molar-refractivity contribution >= 4 is 0 Å². The van der Waals surface area contributed by atoms with Gasteiger partial charge in [-0.2, -0.15) is 0 Å². The van der Waals surface area contributed by atoms with Crippen LogP contribution in [0.25, 0.3) is 0 Å². The predicted molar refractivity (Wildman–Crippen MR) is 14.5 cm³/mol. The van der Waals surface area contributed by atoms with Crippen LogP contribution in [0.15, 0.2) is 0 Å². The zero-order chi connectivity index (χ0) is 0. The fraction of sp³-hybridized carbons (Fsp3) is 0. The first kappa shape index (κ1) is 75.2. The van der Waals surface area contributed by atoms with Gasteiger partial charge in [-0.3, -0.25) is 0 Å². The molecule has 0 aliphatic carbocycles. The molecule has 0 unspecified atom stereocenters. The molecule has 0 spiro atoms. The minimum absolute atomic E-state index is 0. The maximum absolute atomic E-state index is 0. The van der Waals surface area contributed by atoms with Gasteiger partial charge in [0.2, 0.25) is 0 Å². The molecule has 0 aromatic heterocycles. The Labute approximate surface area is 101 Å². The van der Waals surface area contributed by atoms with Gasteiger partial charge >= 0.3 is 0 Å². The van der Waals surface area contributed by atoms with Gasteiger partial charge in [0.1, 0.15) is 0 Å². The second-order valence-corrected chi connectivity index (χ2v) is 0. The van der Waals surface area contributed by atoms with Crippen LogP contribution in [0.2, 0.25) is 0 Å². The third kappa shape index (κ3) is 31.1. The van der Waals surface area contributed by atoms with Gasteiger partial charge in [0, 0.05) is 81.7 Å². The molecule has 0 aromatic rings. The van der Waals surface area contributed by atoms with Crippen molar-refractivity contribution in [1.29, 1.82) is 0 Å². The summed E-state index contributed by atoms with van der Waals surface area (Å²) in [4.78, 5) is 0. The summed E-state index contributed by atoms with van der Waals surface area (Å²) in [6, 6.07) is 0. The summed E-state index contributed by atoms with van der Waals surface area (Å²) >= 11 is 0. The summed E-state index contributed by atoms with van der Waals surface area (Å²) in [6.07, 6.45) is 0. The molecule has 8 N–H and O–H groups in total. The standard InChI is InChI=1S/2Nd.4H2O/h;;4*1H2. The predicted octanol–water partition coefficient (Wildman–Crippen LogP) is -3.30. The van der Waals surface area contributed by atoms with E-state index in [4.69, 9.17) is 0 Å². The van der Waals surface area contributed by atoms with Crippen LogP contribution in [-0.2, 0) is 0 Å². The zero-order valence-corrected chi connectivity index (χ0v) is 9.42. The molecule has 0 amide bonds. The van der Waals surface area contributed by atoms with Crippen molar-refractivity contribution in [2.45, 2.75) is 0 Å². The third-order valence-electron chi connectivity index (χ3n) is 0. The first-order chi connectivity index (χ1) is 0. The van der Waals surface area contributed by atoms with Crippen LogP contribution in [0.3, 0.4) is 0 Å². The second-order valence-electron chi connectivity index (χ2n) is 0. The van der Waals surface area contributed by atoms with Gasteiger partial charge in [-0.1, -0.05) is 0 Å². The molecule has 0 radical (unpaired) electrons. The summed E-state index contributed by atoms with van der Waals surface area (Å²) in [5.41, 5.74) is 0. The van der Waals surface area contributed by atoms with E-state index in [2.05, 4.69) is 0 Å². The van der Waals surface area contributed by atoms with E-state index in [9.17, 15) is 0 Å². The SMILES string of the molecule is O.O.O.O.[Nd].[Nd]. The van der Waals surface area contributed by atoms with E-state index in [1.807, 2.05) is 0 Å². The molecule has 0 aliphatic heterocycles. The number of hydrogen-bond donors (Lipinski definition) is 0. The minimum atomic E-state index is 0. The molecule has 4 nitrogen and oxygen atoms in total. The van der Waals surface area contributed by atoms with E-state index in [0.29, 0.717) is 0 Å². The van der Waals surface area contributed by atoms with E-state index in [1.165, 1.54) is 0 Å². The third-order valence-corrected chi connectivity index (χ3v) is 0. The van der Waals surface area contributed by atoms with E-state index in [-0.39, 0.29) is 104 Å². The first-order valence-corrected chi connectivity index (χ1v) is 0. The summed E-state index contributed by atoms with van der Waals surface area (Å²) in [5, 5.41) is 0. The van der Waals surface area contributed by atoms with Crippen molar-refractivity contribution in [3.05, 3.63) is 0 Å². The smallest absolute Gasteiger partial charge is 0 e. The minimum Gasteiger partial charge on any atom is -0.412 e. The van der Waals surface area contributed by atoms with Crippen LogP contribution >= 0.6 is 0 Å². The fourth-order valence-electron chi connectivity index (χ4n) is 0. The van der Waals surface area contributed by atoms with Crippen molar-refractivity contribution in [1.82, 2.24) is 0 Å². The van der Waals surface area contributed by atoms with Crippen LogP contribution in [0, 0.1) is 81.7 Å². The molecule has 6 heavy (non-hydrogen) atoms. The molecular formula is H8Nd2O4. The Kier molecular flexibility index (Phi) is 626. The summed E-state index contributed by atoms with van der Waals surface area (Å²) in [6.45, 7) is 0. The molecule has 0 saturated heterocycles. The largest absolute Gasteiger partial charge is 0.412 e. The Hall–Kier alpha value is 2.54. The number of rotatable bonds is 0. The van der Waals surface area contributed by atoms with Gasteiger partial charge in [-0.25, -0.2) is 0 Å². The van der Waals surface area contributed by atoms with E-state index in [1.54, 1.807) is 0 Å². The molecule has 0 rings (SSSR count). The summed E-state index contributed by atoms with van der Waals surface area (Å²) in [7, 11) is 0. The topological polar surface area (TPSA) is 126 Å². The maximum Gasteiger partial charge on any atom is 0 e. The molecular weight excluding hydrogens is 352 g/mol. The van der Waals surface area contributed by atoms with Gasteiger partial charge in [-0.15, -0.1) is 0 Å². The van der Waals surface area contributed by atoms with E-state index in [0.717, 1.165) is 0 Å². The average molecular weight is 361 g/mol. The van der Waals surface area contributed by atoms with Crippen molar-refractivity contribution in [2.24, 2.45) is 0 Å². The van der Waals surface area contributed by atoms with Gasteiger partial charge in [-0.05, 0) is 0 Å². The first-order valence-electron chi connectivity index (χ1n) is 0. The summed E-state index contributed by atoms with van der Waals surface area (Å²) < 4.78 is 0. The monoisotopic (exact) mass is 356 g/mol. The van der Waals surface area contributed by atoms with Crippen molar-refractivity contribution in [3.8, 4) is 0 Å². The Bertz CT molecular complexity index is 5.51. The van der Waals surface area contributed by atoms with Gasteiger partial charge < -0.3 is 21.9 Å². The van der Waals surface area contributed by atoms with Crippen LogP contribution in [0.4, 0.5) is 0 Å². The molecule has 0 fully saturated rings. The Balaban J connectivity index is 0. The molecule has 0 aromatic carbocycles. The molecule has 0 atom stereocenters. The Morgan fingerprint density at radius 3 is 0.333 bits per heavy atom. The maximum atomic E-state index is 0. The quantitative estimate of drug-likeness (QED) is 0.429. The van der Waals surface area contributed by atoms with Crippen LogP contribution in [-0.4, -0.2) is 21.9 Å². The van der Waals surface area contributed by atoms with Crippen molar-refractivity contribution in [3.63, 3.8) is 0 Å². The van der Waals surface area contributed by atoms with Gasteiger partial charge in [0.25, 0.3) is 0 Å². The molecule has 0 saturated carbocycles. The Morgan fingerprint density at radius 1 is 0.333 bits per heavy atom. The zero-order valence-electron chi connectivity index (χ0n) is 3.00. The van der Waals surface area contributed by atoms with Crippen LogP contribution in [0.5, 0.6) is 0 Å². The molecule has 0 heterocycles. The van der Waals surface area contributed by atoms with Gasteiger partial charge in [0.15, 0.2) is 0 Å². The van der Waals surface area contributed by atoms with Gasteiger partial charge in [0.05, 0.1) is 0 Å². The van der Waals surface area contributed by atoms with E-state index >= 15 is 0 Å². The summed E-state index contributed by atoms with van der Waals surface area (Å²) in [5.74, 6) is 0. The second kappa shape index (κ2) is 50.0. The normalized spacial score (nSPS) is 0. The van der Waals surface area contributed by atoms with E-state index < -0.39 is 0 Å². The van der Waals surface area contributed by atoms with Crippen LogP contribution in [0.1, 0.15) is 0 Å². The average Bonchev–Trinajstić information content (AvgIpc) is 0. The Morgan fingerprint density at radius 2 is 0.333 bits per heavy atom. The molecule has 0 aliphatic rings. The number of hydrogen-bond acceptors (Lipinski definition) is 0. The molecule has 40 valence electrons. The fourth-order valence-corrected chi connectivity index (χ4v) is 0.